The summed E-state index contributed by atoms with van der Waals surface area (Å²) >= 11 is 0. The summed E-state index contributed by atoms with van der Waals surface area (Å²) in [6.07, 6.45) is 5.58. The average Bonchev–Trinajstić information content (AvgIpc) is 3.09. The van der Waals surface area contributed by atoms with Crippen molar-refractivity contribution in [3.8, 4) is 0 Å². The number of fused-ring (bicyclic) bond motifs is 1. The highest BCUT2D eigenvalue weighted by Crippen LogP contribution is 2.30. The van der Waals surface area contributed by atoms with Gasteiger partial charge in [-0.2, -0.15) is 0 Å². The summed E-state index contributed by atoms with van der Waals surface area (Å²) in [5.74, 6) is -0.676. The van der Waals surface area contributed by atoms with Gasteiger partial charge in [-0.25, -0.2) is 9.59 Å². The summed E-state index contributed by atoms with van der Waals surface area (Å²) < 4.78 is 10.8. The predicted octanol–water partition coefficient (Wildman–Crippen LogP) is 3.33. The van der Waals surface area contributed by atoms with Gasteiger partial charge in [0, 0.05) is 6.04 Å². The maximum absolute atomic E-state index is 13.3. The first kappa shape index (κ1) is 21.9. The third-order valence-electron chi connectivity index (χ3n) is 5.19. The molecule has 1 fully saturated rings. The van der Waals surface area contributed by atoms with Gasteiger partial charge in [0.1, 0.15) is 24.3 Å². The topological polar surface area (TPSA) is 84.9 Å². The molecule has 0 aromatic heterocycles. The Morgan fingerprint density at radius 3 is 2.50 bits per heavy atom. The third-order valence-corrected chi connectivity index (χ3v) is 5.19. The van der Waals surface area contributed by atoms with E-state index >= 15 is 0 Å². The number of nitrogens with one attached hydrogen (secondary N) is 1. The van der Waals surface area contributed by atoms with Crippen LogP contribution in [0.1, 0.15) is 52.0 Å². The lowest BCUT2D eigenvalue weighted by atomic mass is 10.0. The maximum Gasteiger partial charge on any atom is 0.408 e. The minimum absolute atomic E-state index is 0.0775. The van der Waals surface area contributed by atoms with Crippen LogP contribution in [-0.2, 0) is 25.7 Å². The van der Waals surface area contributed by atoms with Gasteiger partial charge in [0.2, 0.25) is 5.91 Å². The van der Waals surface area contributed by atoms with Crippen molar-refractivity contribution in [2.45, 2.75) is 76.8 Å². The Bertz CT molecular complexity index is 800. The fourth-order valence-corrected chi connectivity index (χ4v) is 3.84. The number of hydrogen-bond acceptors (Lipinski definition) is 5. The predicted molar refractivity (Wildman–Crippen MR) is 111 cm³/mol. The van der Waals surface area contributed by atoms with Gasteiger partial charge in [-0.1, -0.05) is 42.5 Å². The molecule has 3 atom stereocenters. The number of ether oxygens (including phenoxy) is 2. The van der Waals surface area contributed by atoms with E-state index in [2.05, 4.69) is 5.32 Å². The molecule has 1 N–H and O–H groups in total. The first-order valence-corrected chi connectivity index (χ1v) is 10.4. The van der Waals surface area contributed by atoms with Crippen LogP contribution in [0.2, 0.25) is 0 Å². The molecule has 0 aliphatic carbocycles. The Morgan fingerprint density at radius 1 is 1.10 bits per heavy atom. The number of carbonyl (C=O) groups is 3. The van der Waals surface area contributed by atoms with Crippen LogP contribution in [0.3, 0.4) is 0 Å². The van der Waals surface area contributed by atoms with Crippen molar-refractivity contribution in [1.82, 2.24) is 10.2 Å². The van der Waals surface area contributed by atoms with Gasteiger partial charge in [-0.05, 0) is 52.0 Å². The van der Waals surface area contributed by atoms with Crippen LogP contribution in [0.5, 0.6) is 0 Å². The molecule has 0 radical (unpaired) electrons. The Kier molecular flexibility index (Phi) is 6.80. The van der Waals surface area contributed by atoms with E-state index in [1.54, 1.807) is 25.7 Å². The summed E-state index contributed by atoms with van der Waals surface area (Å²) in [5.41, 5.74) is 0.233. The van der Waals surface area contributed by atoms with E-state index in [9.17, 15) is 14.4 Å². The lowest BCUT2D eigenvalue weighted by Gasteiger charge is -2.33. The smallest absolute Gasteiger partial charge is 0.408 e. The molecule has 3 unspecified atom stereocenters. The summed E-state index contributed by atoms with van der Waals surface area (Å²) in [7, 11) is 0. The van der Waals surface area contributed by atoms with E-state index in [0.29, 0.717) is 19.3 Å². The summed E-state index contributed by atoms with van der Waals surface area (Å²) in [5, 5.41) is 2.67. The highest BCUT2D eigenvalue weighted by molar-refractivity contribution is 5.90. The van der Waals surface area contributed by atoms with Crippen molar-refractivity contribution >= 4 is 18.0 Å². The average molecular weight is 415 g/mol. The van der Waals surface area contributed by atoms with Crippen molar-refractivity contribution in [2.75, 3.05) is 0 Å². The van der Waals surface area contributed by atoms with E-state index < -0.39 is 29.7 Å². The van der Waals surface area contributed by atoms with Crippen LogP contribution >= 0.6 is 0 Å². The number of nitrogens with zero attached hydrogens (tertiary/aromatic N) is 1. The zero-order chi connectivity index (χ0) is 21.7. The SMILES string of the molecule is CC(C)(C)OC(=O)NC1C/C=C\CC2CCC(C(=O)OCc3ccccc3)N2C1=O. The molecule has 2 aliphatic heterocycles. The number of amides is 2. The number of alkyl carbamates (subject to hydrolysis) is 1. The number of carbonyl (C=O) groups excluding carboxylic acids is 3. The Balaban J connectivity index is 1.69. The molecule has 7 heteroatoms. The van der Waals surface area contributed by atoms with Crippen molar-refractivity contribution in [1.29, 1.82) is 0 Å². The molecule has 162 valence electrons. The second-order valence-electron chi connectivity index (χ2n) is 8.73. The molecule has 2 amide bonds. The minimum Gasteiger partial charge on any atom is -0.459 e. The van der Waals surface area contributed by atoms with Gasteiger partial charge in [-0.3, -0.25) is 4.79 Å². The van der Waals surface area contributed by atoms with E-state index in [0.717, 1.165) is 12.0 Å². The van der Waals surface area contributed by atoms with E-state index in [1.807, 2.05) is 42.5 Å². The second-order valence-corrected chi connectivity index (χ2v) is 8.73. The van der Waals surface area contributed by atoms with Crippen LogP contribution in [0.15, 0.2) is 42.5 Å². The summed E-state index contributed by atoms with van der Waals surface area (Å²) in [6, 6.07) is 7.95. The van der Waals surface area contributed by atoms with Crippen LogP contribution in [0.4, 0.5) is 4.79 Å². The molecule has 0 spiro atoms. The zero-order valence-electron chi connectivity index (χ0n) is 17.8. The van der Waals surface area contributed by atoms with Crippen molar-refractivity contribution in [2.24, 2.45) is 0 Å². The minimum atomic E-state index is -0.776. The molecule has 0 saturated carbocycles. The van der Waals surface area contributed by atoms with Gasteiger partial charge in [-0.15, -0.1) is 0 Å². The Morgan fingerprint density at radius 2 is 1.80 bits per heavy atom. The standard InChI is InChI=1S/C23H30N2O5/c1-23(2,3)30-22(28)24-18-12-8-7-11-17-13-14-19(25(17)20(18)26)21(27)29-15-16-9-5-4-6-10-16/h4-10,17-19H,11-15H2,1-3H3,(H,24,28)/b8-7-. The molecular weight excluding hydrogens is 384 g/mol. The number of rotatable bonds is 4. The molecule has 30 heavy (non-hydrogen) atoms. The number of esters is 1. The normalized spacial score (nSPS) is 25.0. The van der Waals surface area contributed by atoms with Gasteiger partial charge in [0.15, 0.2) is 0 Å². The van der Waals surface area contributed by atoms with E-state index in [4.69, 9.17) is 9.47 Å². The maximum atomic E-state index is 13.3. The molecule has 7 nitrogen and oxygen atoms in total. The molecule has 0 bridgehead atoms. The molecule has 1 saturated heterocycles. The zero-order valence-corrected chi connectivity index (χ0v) is 17.8. The molecule has 3 rings (SSSR count). The van der Waals surface area contributed by atoms with Crippen molar-refractivity contribution in [3.63, 3.8) is 0 Å². The quantitative estimate of drug-likeness (QED) is 0.603. The molecule has 1 aromatic carbocycles. The van der Waals surface area contributed by atoms with Crippen molar-refractivity contribution < 1.29 is 23.9 Å². The molecular formula is C23H30N2O5. The monoisotopic (exact) mass is 414 g/mol. The molecule has 2 heterocycles. The fraction of sp³-hybridized carbons (Fsp3) is 0.522. The van der Waals surface area contributed by atoms with Gasteiger partial charge in [0.25, 0.3) is 0 Å². The third kappa shape index (κ3) is 5.62. The van der Waals surface area contributed by atoms with Crippen LogP contribution in [-0.4, -0.2) is 46.6 Å². The van der Waals surface area contributed by atoms with Gasteiger partial charge in [0.05, 0.1) is 0 Å². The number of hydrogen-bond donors (Lipinski definition) is 1. The molecule has 1 aromatic rings. The lowest BCUT2D eigenvalue weighted by molar-refractivity contribution is -0.156. The fourth-order valence-electron chi connectivity index (χ4n) is 3.84. The largest absolute Gasteiger partial charge is 0.459 e. The van der Waals surface area contributed by atoms with Gasteiger partial charge < -0.3 is 19.7 Å². The van der Waals surface area contributed by atoms with E-state index in [1.165, 1.54) is 0 Å². The highest BCUT2D eigenvalue weighted by atomic mass is 16.6. The summed E-state index contributed by atoms with van der Waals surface area (Å²) in [4.78, 5) is 39.9. The van der Waals surface area contributed by atoms with Crippen LogP contribution in [0, 0.1) is 0 Å². The lowest BCUT2D eigenvalue weighted by Crippen LogP contribution is -2.55. The second kappa shape index (κ2) is 9.32. The van der Waals surface area contributed by atoms with Crippen LogP contribution in [0.25, 0.3) is 0 Å². The van der Waals surface area contributed by atoms with E-state index in [-0.39, 0.29) is 18.6 Å². The first-order chi connectivity index (χ1) is 14.2. The van der Waals surface area contributed by atoms with Crippen LogP contribution < -0.4 is 5.32 Å². The Labute approximate surface area is 177 Å². The van der Waals surface area contributed by atoms with Crippen molar-refractivity contribution in [3.05, 3.63) is 48.0 Å². The Hall–Kier alpha value is -2.83. The summed E-state index contributed by atoms with van der Waals surface area (Å²) in [6.45, 7) is 5.47. The first-order valence-electron chi connectivity index (χ1n) is 10.4. The number of benzene rings is 1. The van der Waals surface area contributed by atoms with Gasteiger partial charge >= 0.3 is 12.1 Å². The molecule has 2 aliphatic rings. The highest BCUT2D eigenvalue weighted by Gasteiger charge is 2.44.